The molecular formula is C12H13N3O6S. The molecule has 0 aliphatic carbocycles. The molecule has 1 N–H and O–H groups in total. The molecule has 3 rings (SSSR count). The van der Waals surface area contributed by atoms with Crippen LogP contribution in [0, 0.1) is 0 Å². The summed E-state index contributed by atoms with van der Waals surface area (Å²) in [4.78, 5) is 24.8. The fraction of sp³-hybridized carbons (Fsp3) is 0.333. The second kappa shape index (κ2) is 4.93. The van der Waals surface area contributed by atoms with E-state index in [1.54, 1.807) is 25.4 Å². The number of hydroxylamine groups is 2. The number of nitrogens with zero attached hydrogens (tertiary/aromatic N) is 3. The van der Waals surface area contributed by atoms with Crippen molar-refractivity contribution in [2.45, 2.75) is 6.04 Å². The summed E-state index contributed by atoms with van der Waals surface area (Å²) in [5, 5.41) is 0.629. The summed E-state index contributed by atoms with van der Waals surface area (Å²) < 4.78 is 36.1. The fourth-order valence-corrected chi connectivity index (χ4v) is 2.94. The van der Waals surface area contributed by atoms with Crippen LogP contribution in [0.3, 0.4) is 0 Å². The third-order valence-electron chi connectivity index (χ3n) is 3.55. The molecule has 2 amide bonds. The molecule has 10 heteroatoms. The average Bonchev–Trinajstić information content (AvgIpc) is 2.64. The van der Waals surface area contributed by atoms with Gasteiger partial charge in [-0.1, -0.05) is 6.08 Å². The van der Waals surface area contributed by atoms with E-state index in [4.69, 9.17) is 4.55 Å². The number of aromatic nitrogens is 1. The van der Waals surface area contributed by atoms with Crippen LogP contribution in [-0.4, -0.2) is 52.7 Å². The molecule has 2 aliphatic rings. The van der Waals surface area contributed by atoms with E-state index < -0.39 is 22.5 Å². The Morgan fingerprint density at radius 1 is 1.32 bits per heavy atom. The van der Waals surface area contributed by atoms with Gasteiger partial charge in [0.1, 0.15) is 0 Å². The average molecular weight is 327 g/mol. The minimum absolute atomic E-state index is 0.157. The van der Waals surface area contributed by atoms with Gasteiger partial charge in [0.15, 0.2) is 0 Å². The molecule has 0 aromatic carbocycles. The highest BCUT2D eigenvalue weighted by Gasteiger charge is 2.43. The first-order valence-electron chi connectivity index (χ1n) is 6.37. The fourth-order valence-electron chi connectivity index (χ4n) is 2.56. The second-order valence-corrected chi connectivity index (χ2v) is 6.12. The maximum Gasteiger partial charge on any atom is 0.418 e. The Hall–Kier alpha value is -2.17. The van der Waals surface area contributed by atoms with Crippen LogP contribution in [0.4, 0.5) is 4.79 Å². The first kappa shape index (κ1) is 14.8. The van der Waals surface area contributed by atoms with Gasteiger partial charge in [0.2, 0.25) is 5.56 Å². The van der Waals surface area contributed by atoms with Gasteiger partial charge in [0.25, 0.3) is 0 Å². The predicted octanol–water partition coefficient (Wildman–Crippen LogP) is -0.377. The number of aryl methyl sites for hydroxylation is 1. The predicted molar refractivity (Wildman–Crippen MR) is 74.9 cm³/mol. The Bertz CT molecular complexity index is 828. The summed E-state index contributed by atoms with van der Waals surface area (Å²) in [6.07, 6.45) is 3.32. The summed E-state index contributed by atoms with van der Waals surface area (Å²) >= 11 is 0. The van der Waals surface area contributed by atoms with Gasteiger partial charge in [0.05, 0.1) is 6.04 Å². The molecule has 1 aromatic heterocycles. The zero-order chi connectivity index (χ0) is 16.1. The van der Waals surface area contributed by atoms with E-state index in [9.17, 15) is 18.0 Å². The van der Waals surface area contributed by atoms with Crippen LogP contribution in [0.2, 0.25) is 0 Å². The van der Waals surface area contributed by atoms with Gasteiger partial charge < -0.3 is 9.47 Å². The van der Waals surface area contributed by atoms with Crippen LogP contribution in [0.5, 0.6) is 0 Å². The molecule has 3 heterocycles. The molecule has 1 saturated heterocycles. The lowest BCUT2D eigenvalue weighted by atomic mass is 10.0. The monoisotopic (exact) mass is 327 g/mol. The summed E-state index contributed by atoms with van der Waals surface area (Å²) in [6, 6.07) is 1.78. The Morgan fingerprint density at radius 2 is 2.05 bits per heavy atom. The zero-order valence-corrected chi connectivity index (χ0v) is 12.4. The number of fused-ring (bicyclic) bond motifs is 2. The lowest BCUT2D eigenvalue weighted by Crippen LogP contribution is -2.35. The van der Waals surface area contributed by atoms with Crippen LogP contribution >= 0.6 is 0 Å². The van der Waals surface area contributed by atoms with Crippen molar-refractivity contribution in [1.82, 2.24) is 14.5 Å². The normalized spacial score (nSPS) is 21.3. The lowest BCUT2D eigenvalue weighted by Gasteiger charge is -2.21. The van der Waals surface area contributed by atoms with E-state index in [1.165, 1.54) is 15.5 Å². The zero-order valence-electron chi connectivity index (χ0n) is 11.5. The van der Waals surface area contributed by atoms with Crippen molar-refractivity contribution in [2.75, 3.05) is 13.1 Å². The van der Waals surface area contributed by atoms with Crippen LogP contribution in [0.1, 0.15) is 5.56 Å². The maximum atomic E-state index is 12.0. The molecule has 9 nitrogen and oxygen atoms in total. The molecule has 0 radical (unpaired) electrons. The number of pyridine rings is 1. The van der Waals surface area contributed by atoms with Gasteiger partial charge >= 0.3 is 16.4 Å². The summed E-state index contributed by atoms with van der Waals surface area (Å²) in [7, 11) is -3.16. The Kier molecular flexibility index (Phi) is 3.31. The minimum Gasteiger partial charge on any atom is -0.318 e. The Morgan fingerprint density at radius 3 is 2.68 bits per heavy atom. The van der Waals surface area contributed by atoms with E-state index in [1.807, 2.05) is 0 Å². The number of rotatable bonds is 3. The third kappa shape index (κ3) is 2.63. The highest BCUT2D eigenvalue weighted by molar-refractivity contribution is 7.80. The number of hydrogen-bond acceptors (Lipinski definition) is 5. The molecule has 1 atom stereocenters. The van der Waals surface area contributed by atoms with Gasteiger partial charge in [-0.05, 0) is 17.2 Å². The van der Waals surface area contributed by atoms with E-state index >= 15 is 0 Å². The number of urea groups is 1. The minimum atomic E-state index is -4.77. The number of amides is 2. The standard InChI is InChI=1S/C12H13N3O6S/c1-13-5-8(2-3-11(13)16)9-4-10-7-14(6-9)12(17)15(10)21-22(18,19)20/h2-5,10H,6-7H2,1H3,(H,18,19,20). The van der Waals surface area contributed by atoms with Gasteiger partial charge in [0, 0.05) is 32.4 Å². The number of carbonyl (C=O) groups excluding carboxylic acids is 1. The first-order valence-corrected chi connectivity index (χ1v) is 7.74. The molecule has 0 saturated carbocycles. The van der Waals surface area contributed by atoms with Crippen molar-refractivity contribution >= 4 is 22.0 Å². The summed E-state index contributed by atoms with van der Waals surface area (Å²) in [5.74, 6) is 0. The van der Waals surface area contributed by atoms with E-state index in [0.717, 1.165) is 11.1 Å². The van der Waals surface area contributed by atoms with Gasteiger partial charge in [-0.15, -0.1) is 4.28 Å². The molecule has 1 aromatic rings. The molecule has 2 aliphatic heterocycles. The first-order chi connectivity index (χ1) is 10.2. The summed E-state index contributed by atoms with van der Waals surface area (Å²) in [5.41, 5.74) is 1.36. The molecule has 1 fully saturated rings. The van der Waals surface area contributed by atoms with E-state index in [-0.39, 0.29) is 18.6 Å². The van der Waals surface area contributed by atoms with Crippen molar-refractivity contribution in [3.05, 3.63) is 40.3 Å². The van der Waals surface area contributed by atoms with Crippen LogP contribution in [-0.2, 0) is 21.7 Å². The van der Waals surface area contributed by atoms with Gasteiger partial charge in [-0.3, -0.25) is 9.35 Å². The third-order valence-corrected chi connectivity index (χ3v) is 3.90. The highest BCUT2D eigenvalue weighted by atomic mass is 32.3. The Labute approximate surface area is 125 Å². The molecule has 118 valence electrons. The number of hydrogen-bond donors (Lipinski definition) is 1. The van der Waals surface area contributed by atoms with Gasteiger partial charge in [-0.2, -0.15) is 13.5 Å². The summed E-state index contributed by atoms with van der Waals surface area (Å²) in [6.45, 7) is 0.530. The number of carbonyl (C=O) groups is 1. The molecular weight excluding hydrogens is 314 g/mol. The SMILES string of the molecule is Cn1cc(C2=CC3CN(C2)C(=O)N3OS(=O)(=O)O)ccc1=O. The van der Waals surface area contributed by atoms with Crippen molar-refractivity contribution in [1.29, 1.82) is 0 Å². The van der Waals surface area contributed by atoms with Crippen LogP contribution in [0.25, 0.3) is 5.57 Å². The lowest BCUT2D eigenvalue weighted by molar-refractivity contribution is -0.0183. The van der Waals surface area contributed by atoms with E-state index in [0.29, 0.717) is 5.06 Å². The van der Waals surface area contributed by atoms with Crippen molar-refractivity contribution in [3.8, 4) is 0 Å². The van der Waals surface area contributed by atoms with Crippen molar-refractivity contribution in [2.24, 2.45) is 7.05 Å². The second-order valence-electron chi connectivity index (χ2n) is 5.12. The Balaban J connectivity index is 1.94. The van der Waals surface area contributed by atoms with Crippen molar-refractivity contribution < 1.29 is 22.0 Å². The molecule has 0 spiro atoms. The van der Waals surface area contributed by atoms with Crippen LogP contribution in [0.15, 0.2) is 29.2 Å². The highest BCUT2D eigenvalue weighted by Crippen LogP contribution is 2.29. The largest absolute Gasteiger partial charge is 0.418 e. The maximum absolute atomic E-state index is 12.0. The molecule has 2 bridgehead atoms. The smallest absolute Gasteiger partial charge is 0.318 e. The van der Waals surface area contributed by atoms with Gasteiger partial charge in [-0.25, -0.2) is 4.79 Å². The quantitative estimate of drug-likeness (QED) is 0.758. The van der Waals surface area contributed by atoms with Crippen LogP contribution < -0.4 is 5.56 Å². The molecule has 1 unspecified atom stereocenters. The topological polar surface area (TPSA) is 109 Å². The van der Waals surface area contributed by atoms with Crippen molar-refractivity contribution in [3.63, 3.8) is 0 Å². The molecule has 22 heavy (non-hydrogen) atoms. The van der Waals surface area contributed by atoms with E-state index in [2.05, 4.69) is 4.28 Å².